The van der Waals surface area contributed by atoms with Crippen molar-refractivity contribution in [2.75, 3.05) is 57.4 Å². The normalized spacial score (nSPS) is 17.2. The number of allylic oxidation sites excluding steroid dienone is 3. The van der Waals surface area contributed by atoms with Gasteiger partial charge in [0, 0.05) is 63.5 Å². The summed E-state index contributed by atoms with van der Waals surface area (Å²) in [5, 5.41) is 0. The summed E-state index contributed by atoms with van der Waals surface area (Å²) in [5.41, 5.74) is 3.04. The van der Waals surface area contributed by atoms with Crippen molar-refractivity contribution in [2.45, 2.75) is 33.2 Å². The minimum Gasteiger partial charge on any atom is -0.378 e. The number of ether oxygens (including phenoxy) is 1. The van der Waals surface area contributed by atoms with Gasteiger partial charge in [0.05, 0.1) is 23.4 Å². The Balaban J connectivity index is 1.16. The molecule has 2 aromatic heterocycles. The van der Waals surface area contributed by atoms with Gasteiger partial charge >= 0.3 is 0 Å². The zero-order valence-electron chi connectivity index (χ0n) is 23.3. The number of ketones is 1. The summed E-state index contributed by atoms with van der Waals surface area (Å²) in [6.07, 6.45) is 5.92. The highest BCUT2D eigenvalue weighted by Gasteiger charge is 2.24. The van der Waals surface area contributed by atoms with Gasteiger partial charge in [0.25, 0.3) is 0 Å². The number of carbonyl (C=O) groups excluding carboxylic acids is 2. The third-order valence-corrected chi connectivity index (χ3v) is 8.56. The van der Waals surface area contributed by atoms with Crippen LogP contribution in [-0.4, -0.2) is 83.9 Å². The van der Waals surface area contributed by atoms with Crippen LogP contribution < -0.4 is 4.90 Å². The molecule has 0 radical (unpaired) electrons. The Bertz CT molecular complexity index is 1390. The second-order valence-electron chi connectivity index (χ2n) is 10.2. The summed E-state index contributed by atoms with van der Waals surface area (Å²) in [7, 11) is 0. The van der Waals surface area contributed by atoms with Gasteiger partial charge in [-0.15, -0.1) is 11.3 Å². The summed E-state index contributed by atoms with van der Waals surface area (Å²) in [4.78, 5) is 42.7. The van der Waals surface area contributed by atoms with Crippen molar-refractivity contribution in [1.29, 1.82) is 0 Å². The van der Waals surface area contributed by atoms with E-state index in [0.29, 0.717) is 26.3 Å². The van der Waals surface area contributed by atoms with E-state index in [2.05, 4.69) is 28.9 Å². The van der Waals surface area contributed by atoms with Crippen molar-refractivity contribution in [3.8, 4) is 0 Å². The molecule has 0 aliphatic carbocycles. The monoisotopic (exact) mass is 559 g/mol. The first-order chi connectivity index (χ1) is 19.5. The molecule has 1 aromatic carbocycles. The molecule has 0 unspecified atom stereocenters. The number of carbonyl (C=O) groups is 2. The number of nitrogens with zero attached hydrogens (tertiary/aromatic N) is 5. The predicted octanol–water partition coefficient (Wildman–Crippen LogP) is 4.66. The first-order valence-electron chi connectivity index (χ1n) is 14.0. The van der Waals surface area contributed by atoms with E-state index in [0.717, 1.165) is 65.7 Å². The molecule has 3 aromatic rings. The molecule has 2 fully saturated rings. The van der Waals surface area contributed by atoms with Gasteiger partial charge in [-0.3, -0.25) is 14.5 Å². The van der Waals surface area contributed by atoms with Gasteiger partial charge in [-0.05, 0) is 37.1 Å². The number of rotatable bonds is 9. The van der Waals surface area contributed by atoms with Crippen molar-refractivity contribution in [3.63, 3.8) is 0 Å². The number of aromatic nitrogens is 2. The van der Waals surface area contributed by atoms with E-state index in [1.54, 1.807) is 23.5 Å². The Morgan fingerprint density at radius 3 is 2.48 bits per heavy atom. The standard InChI is InChI=1S/C31H37N5O3S/c1-3-23(2)30-32-27-21-26(40-29(27)31(33-30)36-17-19-39-20-18-36)22-34-13-15-35(16-14-34)28(38)12-11-25(37)10-9-24-7-5-4-6-8-24/h3-10,21H,11-20,22H2,1-2H3/b10-9+,23-3+. The van der Waals surface area contributed by atoms with E-state index in [-0.39, 0.29) is 24.5 Å². The molecule has 9 heteroatoms. The zero-order valence-corrected chi connectivity index (χ0v) is 24.2. The highest BCUT2D eigenvalue weighted by atomic mass is 32.1. The van der Waals surface area contributed by atoms with Gasteiger partial charge < -0.3 is 14.5 Å². The maximum atomic E-state index is 12.8. The van der Waals surface area contributed by atoms with Crippen LogP contribution in [-0.2, 0) is 20.9 Å². The third-order valence-electron chi connectivity index (χ3n) is 7.45. The summed E-state index contributed by atoms with van der Waals surface area (Å²) >= 11 is 1.77. The van der Waals surface area contributed by atoms with Crippen molar-refractivity contribution < 1.29 is 14.3 Å². The Morgan fingerprint density at radius 2 is 1.75 bits per heavy atom. The molecule has 40 heavy (non-hydrogen) atoms. The third kappa shape index (κ3) is 7.02. The van der Waals surface area contributed by atoms with E-state index in [1.165, 1.54) is 4.88 Å². The fourth-order valence-corrected chi connectivity index (χ4v) is 6.09. The van der Waals surface area contributed by atoms with Crippen molar-refractivity contribution in [2.24, 2.45) is 0 Å². The summed E-state index contributed by atoms with van der Waals surface area (Å²) in [6.45, 7) is 11.0. The minimum atomic E-state index is -0.0204. The average molecular weight is 560 g/mol. The molecule has 0 bridgehead atoms. The van der Waals surface area contributed by atoms with Crippen LogP contribution in [0.2, 0.25) is 0 Å². The van der Waals surface area contributed by atoms with Crippen LogP contribution in [0.3, 0.4) is 0 Å². The quantitative estimate of drug-likeness (QED) is 0.353. The van der Waals surface area contributed by atoms with E-state index in [9.17, 15) is 9.59 Å². The lowest BCUT2D eigenvalue weighted by atomic mass is 10.1. The molecular formula is C31H37N5O3S. The van der Waals surface area contributed by atoms with Crippen LogP contribution in [0.1, 0.15) is 43.0 Å². The predicted molar refractivity (Wildman–Crippen MR) is 161 cm³/mol. The second kappa shape index (κ2) is 13.3. The number of amides is 1. The molecule has 0 saturated carbocycles. The lowest BCUT2D eigenvalue weighted by Crippen LogP contribution is -2.48. The van der Waals surface area contributed by atoms with Crippen molar-refractivity contribution in [3.05, 3.63) is 64.8 Å². The molecular weight excluding hydrogens is 522 g/mol. The smallest absolute Gasteiger partial charge is 0.223 e. The average Bonchev–Trinajstić information content (AvgIpc) is 3.41. The topological polar surface area (TPSA) is 78.9 Å². The molecule has 210 valence electrons. The number of piperazine rings is 1. The highest BCUT2D eigenvalue weighted by Crippen LogP contribution is 2.34. The van der Waals surface area contributed by atoms with E-state index < -0.39 is 0 Å². The fraction of sp³-hybridized carbons (Fsp3) is 0.419. The zero-order chi connectivity index (χ0) is 27.9. The first kappa shape index (κ1) is 28.1. The fourth-order valence-electron chi connectivity index (χ4n) is 4.94. The number of hydrogen-bond donors (Lipinski definition) is 0. The Hall–Kier alpha value is -3.40. The molecule has 1 amide bonds. The van der Waals surface area contributed by atoms with Crippen LogP contribution >= 0.6 is 11.3 Å². The minimum absolute atomic E-state index is 0.0204. The molecule has 0 atom stereocenters. The van der Waals surface area contributed by atoms with Crippen LogP contribution in [0.15, 0.2) is 48.6 Å². The van der Waals surface area contributed by atoms with Gasteiger partial charge in [-0.2, -0.15) is 0 Å². The molecule has 5 rings (SSSR count). The molecule has 8 nitrogen and oxygen atoms in total. The van der Waals surface area contributed by atoms with E-state index in [4.69, 9.17) is 14.7 Å². The van der Waals surface area contributed by atoms with Gasteiger partial charge in [0.15, 0.2) is 17.4 Å². The van der Waals surface area contributed by atoms with Gasteiger partial charge in [-0.1, -0.05) is 42.5 Å². The van der Waals surface area contributed by atoms with Crippen LogP contribution in [0.5, 0.6) is 0 Å². The molecule has 2 aliphatic rings. The van der Waals surface area contributed by atoms with Crippen molar-refractivity contribution >= 4 is 50.7 Å². The Morgan fingerprint density at radius 1 is 1.00 bits per heavy atom. The number of morpholine rings is 1. The van der Waals surface area contributed by atoms with Gasteiger partial charge in [-0.25, -0.2) is 9.97 Å². The van der Waals surface area contributed by atoms with Crippen LogP contribution in [0.4, 0.5) is 5.82 Å². The van der Waals surface area contributed by atoms with E-state index >= 15 is 0 Å². The number of hydrogen-bond acceptors (Lipinski definition) is 8. The maximum Gasteiger partial charge on any atom is 0.223 e. The first-order valence-corrected chi connectivity index (χ1v) is 14.8. The largest absolute Gasteiger partial charge is 0.378 e. The second-order valence-corrected chi connectivity index (χ2v) is 11.4. The van der Waals surface area contributed by atoms with Gasteiger partial charge in [0.2, 0.25) is 5.91 Å². The summed E-state index contributed by atoms with van der Waals surface area (Å²) < 4.78 is 6.70. The molecule has 2 saturated heterocycles. The molecule has 2 aliphatic heterocycles. The van der Waals surface area contributed by atoms with Crippen molar-refractivity contribution in [1.82, 2.24) is 19.8 Å². The Labute approximate surface area is 240 Å². The highest BCUT2D eigenvalue weighted by molar-refractivity contribution is 7.19. The van der Waals surface area contributed by atoms with Gasteiger partial charge in [0.1, 0.15) is 0 Å². The van der Waals surface area contributed by atoms with E-state index in [1.807, 2.05) is 42.2 Å². The number of benzene rings is 1. The number of anilines is 1. The number of fused-ring (bicyclic) bond motifs is 1. The lowest BCUT2D eigenvalue weighted by Gasteiger charge is -2.34. The summed E-state index contributed by atoms with van der Waals surface area (Å²) in [6, 6.07) is 11.9. The lowest BCUT2D eigenvalue weighted by molar-refractivity contribution is -0.134. The molecule has 4 heterocycles. The summed E-state index contributed by atoms with van der Waals surface area (Å²) in [5.74, 6) is 1.82. The maximum absolute atomic E-state index is 12.8. The molecule has 0 N–H and O–H groups in total. The van der Waals surface area contributed by atoms with Crippen LogP contribution in [0.25, 0.3) is 21.9 Å². The Kier molecular flexibility index (Phi) is 9.36. The molecule has 0 spiro atoms. The SMILES string of the molecule is C/C=C(\C)c1nc(N2CCOCC2)c2sc(CN3CCN(C(=O)CCC(=O)/C=C/c4ccccc4)CC3)cc2n1. The van der Waals surface area contributed by atoms with Crippen LogP contribution in [0, 0.1) is 0 Å². The number of thiophene rings is 1.